The van der Waals surface area contributed by atoms with Crippen molar-refractivity contribution in [3.05, 3.63) is 11.6 Å². The van der Waals surface area contributed by atoms with E-state index in [9.17, 15) is 0 Å². The Morgan fingerprint density at radius 2 is 1.50 bits per heavy atom. The zero-order chi connectivity index (χ0) is 14.6. The van der Waals surface area contributed by atoms with Crippen molar-refractivity contribution >= 4 is 17.5 Å². The molecule has 0 fully saturated rings. The number of hydrogen-bond acceptors (Lipinski definition) is 4. The molecule has 0 N–H and O–H groups in total. The predicted octanol–water partition coefficient (Wildman–Crippen LogP) is 4.49. The van der Waals surface area contributed by atoms with Crippen molar-refractivity contribution in [3.8, 4) is 0 Å². The van der Waals surface area contributed by atoms with Crippen LogP contribution in [0.25, 0.3) is 0 Å². The van der Waals surface area contributed by atoms with Gasteiger partial charge in [0.25, 0.3) is 0 Å². The molecule has 0 saturated heterocycles. The zero-order valence-electron chi connectivity index (χ0n) is 12.8. The third-order valence-corrected chi connectivity index (χ3v) is 3.56. The highest BCUT2D eigenvalue weighted by molar-refractivity contribution is 6.28. The summed E-state index contributed by atoms with van der Waals surface area (Å²) < 4.78 is 0. The van der Waals surface area contributed by atoms with Gasteiger partial charge in [-0.3, -0.25) is 0 Å². The molecule has 0 aliphatic heterocycles. The summed E-state index contributed by atoms with van der Waals surface area (Å²) >= 11 is 5.87. The van der Waals surface area contributed by atoms with E-state index in [1.54, 1.807) is 0 Å². The standard InChI is InChI=1S/C15H27ClN4/c1-3-5-7-9-11-20(12-10-8-6-4-2)15-18-13-17-14(16)19-15/h13H,3-12H2,1-2H3. The second-order valence-electron chi connectivity index (χ2n) is 5.16. The van der Waals surface area contributed by atoms with Gasteiger partial charge in [0.15, 0.2) is 0 Å². The van der Waals surface area contributed by atoms with Gasteiger partial charge >= 0.3 is 0 Å². The molecule has 1 aromatic heterocycles. The van der Waals surface area contributed by atoms with Crippen LogP contribution in [-0.4, -0.2) is 28.0 Å². The first-order chi connectivity index (χ1) is 9.77. The second kappa shape index (κ2) is 10.8. The van der Waals surface area contributed by atoms with Crippen LogP contribution in [0.4, 0.5) is 5.95 Å². The van der Waals surface area contributed by atoms with Crippen LogP contribution in [0.1, 0.15) is 65.2 Å². The van der Waals surface area contributed by atoms with Gasteiger partial charge in [-0.05, 0) is 24.4 Å². The Kier molecular flexibility index (Phi) is 9.29. The lowest BCUT2D eigenvalue weighted by Crippen LogP contribution is -2.27. The molecule has 114 valence electrons. The summed E-state index contributed by atoms with van der Waals surface area (Å²) in [7, 11) is 0. The lowest BCUT2D eigenvalue weighted by molar-refractivity contribution is 0.600. The lowest BCUT2D eigenvalue weighted by Gasteiger charge is -2.22. The van der Waals surface area contributed by atoms with Gasteiger partial charge in [-0.25, -0.2) is 9.97 Å². The van der Waals surface area contributed by atoms with Gasteiger partial charge in [-0.1, -0.05) is 52.4 Å². The fourth-order valence-corrected chi connectivity index (χ4v) is 2.31. The van der Waals surface area contributed by atoms with E-state index in [0.717, 1.165) is 19.0 Å². The van der Waals surface area contributed by atoms with Crippen molar-refractivity contribution in [2.45, 2.75) is 65.2 Å². The topological polar surface area (TPSA) is 41.9 Å². The van der Waals surface area contributed by atoms with Crippen molar-refractivity contribution in [1.29, 1.82) is 0 Å². The molecule has 0 amide bonds. The minimum atomic E-state index is 0.280. The first-order valence-electron chi connectivity index (χ1n) is 7.87. The van der Waals surface area contributed by atoms with Gasteiger partial charge in [0.1, 0.15) is 6.33 Å². The number of halogens is 1. The molecule has 0 radical (unpaired) electrons. The van der Waals surface area contributed by atoms with Crippen LogP contribution < -0.4 is 4.90 Å². The summed E-state index contributed by atoms with van der Waals surface area (Å²) in [4.78, 5) is 14.6. The molecule has 0 saturated carbocycles. The van der Waals surface area contributed by atoms with E-state index in [-0.39, 0.29) is 5.28 Å². The zero-order valence-corrected chi connectivity index (χ0v) is 13.6. The summed E-state index contributed by atoms with van der Waals surface area (Å²) in [6, 6.07) is 0. The van der Waals surface area contributed by atoms with Crippen LogP contribution in [0.15, 0.2) is 6.33 Å². The monoisotopic (exact) mass is 298 g/mol. The molecule has 0 aliphatic carbocycles. The van der Waals surface area contributed by atoms with Crippen molar-refractivity contribution in [3.63, 3.8) is 0 Å². The van der Waals surface area contributed by atoms with Crippen LogP contribution in [-0.2, 0) is 0 Å². The fraction of sp³-hybridized carbons (Fsp3) is 0.800. The maximum Gasteiger partial charge on any atom is 0.229 e. The van der Waals surface area contributed by atoms with Gasteiger partial charge < -0.3 is 4.90 Å². The van der Waals surface area contributed by atoms with E-state index in [4.69, 9.17) is 11.6 Å². The molecule has 1 rings (SSSR count). The molecular formula is C15H27ClN4. The molecule has 0 aliphatic rings. The van der Waals surface area contributed by atoms with E-state index in [0.29, 0.717) is 0 Å². The second-order valence-corrected chi connectivity index (χ2v) is 5.50. The lowest BCUT2D eigenvalue weighted by atomic mass is 10.2. The minimum absolute atomic E-state index is 0.280. The summed E-state index contributed by atoms with van der Waals surface area (Å²) in [5.41, 5.74) is 0. The van der Waals surface area contributed by atoms with E-state index < -0.39 is 0 Å². The SMILES string of the molecule is CCCCCCN(CCCCCC)c1ncnc(Cl)n1. The maximum absolute atomic E-state index is 5.87. The van der Waals surface area contributed by atoms with Crippen molar-refractivity contribution in [2.75, 3.05) is 18.0 Å². The van der Waals surface area contributed by atoms with Gasteiger partial charge in [0.2, 0.25) is 11.2 Å². The van der Waals surface area contributed by atoms with Crippen molar-refractivity contribution in [1.82, 2.24) is 15.0 Å². The Morgan fingerprint density at radius 1 is 0.900 bits per heavy atom. The molecule has 5 heteroatoms. The van der Waals surface area contributed by atoms with Crippen LogP contribution >= 0.6 is 11.6 Å². The summed E-state index contributed by atoms with van der Waals surface area (Å²) in [5, 5.41) is 0.280. The largest absolute Gasteiger partial charge is 0.341 e. The van der Waals surface area contributed by atoms with E-state index >= 15 is 0 Å². The number of unbranched alkanes of at least 4 members (excludes halogenated alkanes) is 6. The number of rotatable bonds is 11. The molecule has 0 aromatic carbocycles. The molecule has 20 heavy (non-hydrogen) atoms. The first-order valence-corrected chi connectivity index (χ1v) is 8.25. The first kappa shape index (κ1) is 17.2. The Hall–Kier alpha value is -0.900. The van der Waals surface area contributed by atoms with Crippen LogP contribution in [0.2, 0.25) is 5.28 Å². The number of nitrogens with zero attached hydrogens (tertiary/aromatic N) is 4. The van der Waals surface area contributed by atoms with Crippen LogP contribution in [0, 0.1) is 0 Å². The van der Waals surface area contributed by atoms with E-state index in [2.05, 4.69) is 33.7 Å². The predicted molar refractivity (Wildman–Crippen MR) is 85.3 cm³/mol. The Bertz CT molecular complexity index is 347. The smallest absolute Gasteiger partial charge is 0.229 e. The average molecular weight is 299 g/mol. The fourth-order valence-electron chi connectivity index (χ4n) is 2.19. The highest BCUT2D eigenvalue weighted by Gasteiger charge is 2.09. The van der Waals surface area contributed by atoms with Gasteiger partial charge in [0, 0.05) is 13.1 Å². The third kappa shape index (κ3) is 7.04. The third-order valence-electron chi connectivity index (χ3n) is 3.38. The van der Waals surface area contributed by atoms with Gasteiger partial charge in [0.05, 0.1) is 0 Å². The molecule has 4 nitrogen and oxygen atoms in total. The highest BCUT2D eigenvalue weighted by Crippen LogP contribution is 2.13. The highest BCUT2D eigenvalue weighted by atomic mass is 35.5. The summed E-state index contributed by atoms with van der Waals surface area (Å²) in [6.45, 7) is 6.47. The van der Waals surface area contributed by atoms with E-state index in [1.165, 1.54) is 57.7 Å². The Labute approximate surface area is 128 Å². The molecule has 0 spiro atoms. The summed E-state index contributed by atoms with van der Waals surface area (Å²) in [6.07, 6.45) is 11.5. The van der Waals surface area contributed by atoms with Crippen molar-refractivity contribution in [2.24, 2.45) is 0 Å². The molecule has 0 unspecified atom stereocenters. The van der Waals surface area contributed by atoms with E-state index in [1.807, 2.05) is 0 Å². The maximum atomic E-state index is 5.87. The molecule has 1 heterocycles. The Morgan fingerprint density at radius 3 is 2.00 bits per heavy atom. The molecular weight excluding hydrogens is 272 g/mol. The quantitative estimate of drug-likeness (QED) is 0.564. The molecule has 0 bridgehead atoms. The van der Waals surface area contributed by atoms with Crippen LogP contribution in [0.3, 0.4) is 0 Å². The van der Waals surface area contributed by atoms with Crippen molar-refractivity contribution < 1.29 is 0 Å². The molecule has 0 atom stereocenters. The number of aromatic nitrogens is 3. The van der Waals surface area contributed by atoms with Gasteiger partial charge in [-0.15, -0.1) is 0 Å². The van der Waals surface area contributed by atoms with Crippen LogP contribution in [0.5, 0.6) is 0 Å². The minimum Gasteiger partial charge on any atom is -0.341 e. The molecule has 1 aromatic rings. The summed E-state index contributed by atoms with van der Waals surface area (Å²) in [5.74, 6) is 0.720. The Balaban J connectivity index is 2.49. The number of anilines is 1. The average Bonchev–Trinajstić information content (AvgIpc) is 2.45. The normalized spacial score (nSPS) is 10.8. The van der Waals surface area contributed by atoms with Gasteiger partial charge in [-0.2, -0.15) is 4.98 Å². The number of hydrogen-bond donors (Lipinski definition) is 0.